The fraction of sp³-hybridized carbons (Fsp3) is 0.348. The fourth-order valence-corrected chi connectivity index (χ4v) is 10.2. The first kappa shape index (κ1) is 20.0. The second kappa shape index (κ2) is 8.94. The molecule has 0 bridgehead atoms. The number of thioether (sulfide) groups is 1. The van der Waals surface area contributed by atoms with Crippen LogP contribution in [0.5, 0.6) is 0 Å². The van der Waals surface area contributed by atoms with Crippen molar-refractivity contribution in [3.63, 3.8) is 0 Å². The molecule has 0 heterocycles. The molecule has 1 aliphatic carbocycles. The average Bonchev–Trinajstić information content (AvgIpc) is 3.06. The first-order valence-electron chi connectivity index (χ1n) is 9.63. The smallest absolute Gasteiger partial charge is 0.306 e. The molecule has 0 radical (unpaired) electrons. The number of carbonyl (C=O) groups excluding carboxylic acids is 1. The lowest BCUT2D eigenvalue weighted by molar-refractivity contribution is -0.143. The van der Waals surface area contributed by atoms with Gasteiger partial charge in [-0.2, -0.15) is 0 Å². The van der Waals surface area contributed by atoms with Crippen LogP contribution in [0, 0.1) is 5.92 Å². The van der Waals surface area contributed by atoms with E-state index in [1.54, 1.807) is 0 Å². The number of esters is 1. The van der Waals surface area contributed by atoms with Crippen molar-refractivity contribution >= 4 is 31.0 Å². The van der Waals surface area contributed by atoms with E-state index in [2.05, 4.69) is 85.9 Å². The molecule has 0 saturated carbocycles. The van der Waals surface area contributed by atoms with Crippen molar-refractivity contribution in [2.45, 2.75) is 42.1 Å². The van der Waals surface area contributed by atoms with Gasteiger partial charge in [0.2, 0.25) is 0 Å². The van der Waals surface area contributed by atoms with Gasteiger partial charge in [-0.25, -0.2) is 0 Å². The number of ether oxygens (including phenoxy) is 1. The van der Waals surface area contributed by atoms with Gasteiger partial charge in [0.1, 0.15) is 0 Å². The fourth-order valence-electron chi connectivity index (χ4n) is 4.12. The number of hydrogen-bond donors (Lipinski definition) is 0. The largest absolute Gasteiger partial charge is 0.466 e. The van der Waals surface area contributed by atoms with Gasteiger partial charge in [0, 0.05) is 10.1 Å². The molecule has 1 aliphatic rings. The van der Waals surface area contributed by atoms with Gasteiger partial charge in [-0.05, 0) is 30.5 Å². The van der Waals surface area contributed by atoms with Gasteiger partial charge in [-0.15, -0.1) is 11.8 Å². The molecule has 27 heavy (non-hydrogen) atoms. The maximum absolute atomic E-state index is 12.2. The van der Waals surface area contributed by atoms with E-state index in [1.807, 2.05) is 18.7 Å². The van der Waals surface area contributed by atoms with Crippen LogP contribution in [0.2, 0.25) is 18.6 Å². The maximum atomic E-state index is 12.2. The van der Waals surface area contributed by atoms with E-state index in [-0.39, 0.29) is 11.9 Å². The second-order valence-electron chi connectivity index (χ2n) is 7.57. The molecule has 0 unspecified atom stereocenters. The zero-order valence-corrected chi connectivity index (χ0v) is 18.1. The zero-order valence-electron chi connectivity index (χ0n) is 16.3. The van der Waals surface area contributed by atoms with Gasteiger partial charge >= 0.3 is 5.97 Å². The predicted octanol–water partition coefficient (Wildman–Crippen LogP) is 5.27. The SMILES string of the molecule is CCOC(=O)C[C@H]1C=C[C@@H](Sc2ccccc2)[C@@H]1[Si](C)(C)c1ccccc1. The van der Waals surface area contributed by atoms with Crippen LogP contribution in [0.15, 0.2) is 77.7 Å². The Bertz CT molecular complexity index is 773. The number of benzene rings is 2. The number of hydrogen-bond acceptors (Lipinski definition) is 3. The first-order valence-corrected chi connectivity index (χ1v) is 13.6. The van der Waals surface area contributed by atoms with Crippen molar-refractivity contribution in [1.82, 2.24) is 0 Å². The summed E-state index contributed by atoms with van der Waals surface area (Å²) in [5.41, 5.74) is 0.453. The van der Waals surface area contributed by atoms with E-state index in [9.17, 15) is 4.79 Å². The van der Waals surface area contributed by atoms with Gasteiger partial charge in [-0.3, -0.25) is 4.79 Å². The van der Waals surface area contributed by atoms with Crippen molar-refractivity contribution in [1.29, 1.82) is 0 Å². The summed E-state index contributed by atoms with van der Waals surface area (Å²) in [4.78, 5) is 13.5. The van der Waals surface area contributed by atoms with Crippen LogP contribution < -0.4 is 5.19 Å². The van der Waals surface area contributed by atoms with Crippen molar-refractivity contribution in [3.8, 4) is 0 Å². The standard InChI is InChI=1S/C23H28O2SSi/c1-4-25-22(24)17-18-15-16-21(26-19-11-7-5-8-12-19)23(18)27(2,3)20-13-9-6-10-14-20/h5-16,18,21,23H,4,17H2,1-3H3/t18-,21-,23-/m1/s1. The molecular formula is C23H28O2SSi. The molecule has 142 valence electrons. The minimum absolute atomic E-state index is 0.0830. The summed E-state index contributed by atoms with van der Waals surface area (Å²) in [6.07, 6.45) is 5.06. The third-order valence-corrected chi connectivity index (χ3v) is 11.2. The van der Waals surface area contributed by atoms with Crippen LogP contribution in [0.4, 0.5) is 0 Å². The van der Waals surface area contributed by atoms with E-state index in [0.29, 0.717) is 23.8 Å². The van der Waals surface area contributed by atoms with E-state index >= 15 is 0 Å². The summed E-state index contributed by atoms with van der Waals surface area (Å²) in [7, 11) is -1.81. The minimum atomic E-state index is -1.81. The van der Waals surface area contributed by atoms with E-state index < -0.39 is 8.07 Å². The lowest BCUT2D eigenvalue weighted by atomic mass is 10.0. The highest BCUT2D eigenvalue weighted by molar-refractivity contribution is 8.00. The molecule has 0 aliphatic heterocycles. The lowest BCUT2D eigenvalue weighted by Gasteiger charge is -2.38. The van der Waals surface area contributed by atoms with Gasteiger partial charge in [-0.1, -0.05) is 79.0 Å². The van der Waals surface area contributed by atoms with Gasteiger partial charge in [0.15, 0.2) is 0 Å². The summed E-state index contributed by atoms with van der Waals surface area (Å²) < 4.78 is 5.26. The zero-order chi connectivity index (χ0) is 19.3. The molecule has 0 N–H and O–H groups in total. The van der Waals surface area contributed by atoms with Crippen molar-refractivity contribution in [2.24, 2.45) is 5.92 Å². The Morgan fingerprint density at radius 2 is 1.63 bits per heavy atom. The molecule has 2 aromatic carbocycles. The van der Waals surface area contributed by atoms with Crippen molar-refractivity contribution < 1.29 is 9.53 Å². The molecule has 0 spiro atoms. The Morgan fingerprint density at radius 1 is 1.00 bits per heavy atom. The van der Waals surface area contributed by atoms with E-state index in [4.69, 9.17) is 4.74 Å². The summed E-state index contributed by atoms with van der Waals surface area (Å²) >= 11 is 1.92. The van der Waals surface area contributed by atoms with Gasteiger partial charge in [0.25, 0.3) is 0 Å². The highest BCUT2D eigenvalue weighted by Crippen LogP contribution is 2.48. The topological polar surface area (TPSA) is 26.3 Å². The number of rotatable bonds is 7. The molecular weight excluding hydrogens is 368 g/mol. The van der Waals surface area contributed by atoms with Crippen LogP contribution in [-0.4, -0.2) is 25.9 Å². The Labute approximate surface area is 168 Å². The van der Waals surface area contributed by atoms with Crippen molar-refractivity contribution in [3.05, 3.63) is 72.8 Å². The van der Waals surface area contributed by atoms with Crippen LogP contribution in [0.25, 0.3) is 0 Å². The Hall–Kier alpha value is -1.78. The predicted molar refractivity (Wildman–Crippen MR) is 117 cm³/mol. The Morgan fingerprint density at radius 3 is 2.26 bits per heavy atom. The molecule has 0 aromatic heterocycles. The van der Waals surface area contributed by atoms with Gasteiger partial charge in [0.05, 0.1) is 21.1 Å². The highest BCUT2D eigenvalue weighted by atomic mass is 32.2. The third kappa shape index (κ3) is 4.74. The molecule has 0 saturated heterocycles. The molecule has 3 rings (SSSR count). The Balaban J connectivity index is 1.89. The van der Waals surface area contributed by atoms with Gasteiger partial charge < -0.3 is 4.74 Å². The van der Waals surface area contributed by atoms with Crippen LogP contribution in [0.1, 0.15) is 13.3 Å². The van der Waals surface area contributed by atoms with Crippen molar-refractivity contribution in [2.75, 3.05) is 6.61 Å². The number of allylic oxidation sites excluding steroid dienone is 1. The summed E-state index contributed by atoms with van der Waals surface area (Å²) in [6, 6.07) is 21.4. The van der Waals surface area contributed by atoms with E-state index in [1.165, 1.54) is 10.1 Å². The summed E-state index contributed by atoms with van der Waals surface area (Å²) in [6.45, 7) is 7.20. The minimum Gasteiger partial charge on any atom is -0.466 e. The highest BCUT2D eigenvalue weighted by Gasteiger charge is 2.45. The Kier molecular flexibility index (Phi) is 6.61. The van der Waals surface area contributed by atoms with Crippen LogP contribution in [-0.2, 0) is 9.53 Å². The van der Waals surface area contributed by atoms with Crippen LogP contribution >= 0.6 is 11.8 Å². The monoisotopic (exact) mass is 396 g/mol. The quantitative estimate of drug-likeness (QED) is 0.362. The van der Waals surface area contributed by atoms with Crippen LogP contribution in [0.3, 0.4) is 0 Å². The molecule has 0 amide bonds. The average molecular weight is 397 g/mol. The lowest BCUT2D eigenvalue weighted by Crippen LogP contribution is -2.50. The number of carbonyl (C=O) groups is 1. The summed E-state index contributed by atoms with van der Waals surface area (Å²) in [5, 5.41) is 1.83. The summed E-state index contributed by atoms with van der Waals surface area (Å²) in [5.74, 6) is 0.160. The molecule has 2 aromatic rings. The second-order valence-corrected chi connectivity index (χ2v) is 13.5. The molecule has 2 nitrogen and oxygen atoms in total. The van der Waals surface area contributed by atoms with E-state index in [0.717, 1.165) is 0 Å². The molecule has 4 heteroatoms. The normalized spacial score (nSPS) is 22.0. The molecule has 0 fully saturated rings. The first-order chi connectivity index (χ1) is 13.0. The maximum Gasteiger partial charge on any atom is 0.306 e. The molecule has 3 atom stereocenters. The third-order valence-electron chi connectivity index (χ3n) is 5.44.